The van der Waals surface area contributed by atoms with Crippen molar-refractivity contribution in [1.82, 2.24) is 5.32 Å². The van der Waals surface area contributed by atoms with Crippen molar-refractivity contribution in [3.63, 3.8) is 0 Å². The zero-order valence-corrected chi connectivity index (χ0v) is 10.1. The van der Waals surface area contributed by atoms with Crippen LogP contribution in [0.5, 0.6) is 0 Å². The highest BCUT2D eigenvalue weighted by molar-refractivity contribution is 5.76. The smallest absolute Gasteiger partial charge is 0.323 e. The molecule has 0 aromatic heterocycles. The van der Waals surface area contributed by atoms with Crippen LogP contribution in [0.25, 0.3) is 0 Å². The summed E-state index contributed by atoms with van der Waals surface area (Å²) < 4.78 is 5.14. The van der Waals surface area contributed by atoms with Gasteiger partial charge in [0.25, 0.3) is 0 Å². The minimum absolute atomic E-state index is 0.216. The second kappa shape index (κ2) is 7.63. The molecular weight excluding hydrogens is 206 g/mol. The van der Waals surface area contributed by atoms with Gasteiger partial charge in [-0.3, -0.25) is 4.79 Å². The van der Waals surface area contributed by atoms with Gasteiger partial charge in [0, 0.05) is 13.0 Å². The zero-order valence-electron chi connectivity index (χ0n) is 10.1. The molecule has 0 saturated carbocycles. The van der Waals surface area contributed by atoms with Gasteiger partial charge in [-0.25, -0.2) is 0 Å². The third kappa shape index (κ3) is 4.94. The van der Waals surface area contributed by atoms with Crippen molar-refractivity contribution in [1.29, 1.82) is 0 Å². The quantitative estimate of drug-likeness (QED) is 0.509. The largest absolute Gasteiger partial charge is 0.465 e. The summed E-state index contributed by atoms with van der Waals surface area (Å²) in [4.78, 5) is 11.5. The van der Waals surface area contributed by atoms with Crippen LogP contribution in [0, 0.1) is 0 Å². The van der Waals surface area contributed by atoms with E-state index in [-0.39, 0.29) is 12.0 Å². The lowest BCUT2D eigenvalue weighted by Crippen LogP contribution is -2.32. The first-order chi connectivity index (χ1) is 7.74. The first-order valence-corrected chi connectivity index (χ1v) is 6.32. The molecule has 0 spiro atoms. The Morgan fingerprint density at radius 2 is 2.12 bits per heavy atom. The summed E-state index contributed by atoms with van der Waals surface area (Å²) in [6, 6.07) is -0.300. The van der Waals surface area contributed by atoms with Gasteiger partial charge < -0.3 is 15.2 Å². The molecule has 2 N–H and O–H groups in total. The molecule has 2 atom stereocenters. The maximum absolute atomic E-state index is 11.5. The van der Waals surface area contributed by atoms with Gasteiger partial charge in [-0.1, -0.05) is 32.6 Å². The van der Waals surface area contributed by atoms with Crippen LogP contribution >= 0.6 is 0 Å². The van der Waals surface area contributed by atoms with Gasteiger partial charge in [0.2, 0.25) is 0 Å². The van der Waals surface area contributed by atoms with Crippen molar-refractivity contribution in [2.75, 3.05) is 13.2 Å². The molecule has 0 aromatic carbocycles. The van der Waals surface area contributed by atoms with E-state index in [1.807, 2.05) is 0 Å². The number of aliphatic hydroxyl groups is 1. The lowest BCUT2D eigenvalue weighted by molar-refractivity contribution is -0.146. The summed E-state index contributed by atoms with van der Waals surface area (Å²) >= 11 is 0. The number of esters is 1. The standard InChI is InChI=1S/C12H23NO3/c1-2-3-4-5-6-7-16-12(15)11-8-10(14)9-13-11/h10-11,13-14H,2-9H2,1H3/t10?,11-/m0/s1. The number of hydrogen-bond acceptors (Lipinski definition) is 4. The predicted octanol–water partition coefficient (Wildman–Crippen LogP) is 1.22. The fraction of sp³-hybridized carbons (Fsp3) is 0.917. The molecule has 1 aliphatic heterocycles. The molecule has 16 heavy (non-hydrogen) atoms. The lowest BCUT2D eigenvalue weighted by atomic mass is 10.2. The van der Waals surface area contributed by atoms with Gasteiger partial charge in [0.1, 0.15) is 6.04 Å². The molecular formula is C12H23NO3. The molecule has 4 heteroatoms. The molecule has 94 valence electrons. The maximum atomic E-state index is 11.5. The van der Waals surface area contributed by atoms with Crippen LogP contribution in [-0.2, 0) is 9.53 Å². The van der Waals surface area contributed by atoms with E-state index >= 15 is 0 Å². The van der Waals surface area contributed by atoms with Crippen molar-refractivity contribution in [2.45, 2.75) is 57.6 Å². The third-order valence-electron chi connectivity index (χ3n) is 2.88. The van der Waals surface area contributed by atoms with Crippen molar-refractivity contribution < 1.29 is 14.6 Å². The Bertz CT molecular complexity index is 208. The molecule has 1 saturated heterocycles. The molecule has 4 nitrogen and oxygen atoms in total. The molecule has 1 aliphatic rings. The molecule has 1 unspecified atom stereocenters. The van der Waals surface area contributed by atoms with Gasteiger partial charge in [-0.05, 0) is 6.42 Å². The highest BCUT2D eigenvalue weighted by atomic mass is 16.5. The highest BCUT2D eigenvalue weighted by Crippen LogP contribution is 2.08. The monoisotopic (exact) mass is 229 g/mol. The van der Waals surface area contributed by atoms with E-state index in [9.17, 15) is 9.90 Å². The number of unbranched alkanes of at least 4 members (excludes halogenated alkanes) is 4. The molecule has 0 radical (unpaired) electrons. The van der Waals surface area contributed by atoms with E-state index in [1.165, 1.54) is 19.3 Å². The van der Waals surface area contributed by atoms with Gasteiger partial charge in [0.05, 0.1) is 12.7 Å². The fourth-order valence-corrected chi connectivity index (χ4v) is 1.88. The minimum atomic E-state index is -0.401. The van der Waals surface area contributed by atoms with Crippen molar-refractivity contribution in [3.05, 3.63) is 0 Å². The summed E-state index contributed by atoms with van der Waals surface area (Å²) in [6.07, 6.45) is 5.85. The highest BCUT2D eigenvalue weighted by Gasteiger charge is 2.28. The van der Waals surface area contributed by atoms with Gasteiger partial charge in [-0.2, -0.15) is 0 Å². The average molecular weight is 229 g/mol. The van der Waals surface area contributed by atoms with Crippen LogP contribution in [0.4, 0.5) is 0 Å². The average Bonchev–Trinajstić information content (AvgIpc) is 2.70. The Kier molecular flexibility index (Phi) is 6.42. The summed E-state index contributed by atoms with van der Waals surface area (Å²) in [5.41, 5.74) is 0. The van der Waals surface area contributed by atoms with Crippen LogP contribution in [0.15, 0.2) is 0 Å². The first-order valence-electron chi connectivity index (χ1n) is 6.32. The van der Waals surface area contributed by atoms with E-state index in [2.05, 4.69) is 12.2 Å². The van der Waals surface area contributed by atoms with E-state index in [0.717, 1.165) is 12.8 Å². The van der Waals surface area contributed by atoms with Crippen LogP contribution in [0.2, 0.25) is 0 Å². The van der Waals surface area contributed by atoms with E-state index < -0.39 is 6.10 Å². The normalized spacial score (nSPS) is 24.6. The number of carbonyl (C=O) groups is 1. The number of hydrogen-bond donors (Lipinski definition) is 2. The van der Waals surface area contributed by atoms with E-state index in [0.29, 0.717) is 19.6 Å². The van der Waals surface area contributed by atoms with Crippen molar-refractivity contribution in [2.24, 2.45) is 0 Å². The van der Waals surface area contributed by atoms with Gasteiger partial charge in [0.15, 0.2) is 0 Å². The number of ether oxygens (including phenoxy) is 1. The molecule has 0 bridgehead atoms. The molecule has 1 rings (SSSR count). The van der Waals surface area contributed by atoms with Crippen LogP contribution < -0.4 is 5.32 Å². The van der Waals surface area contributed by atoms with E-state index in [4.69, 9.17) is 4.74 Å². The number of β-amino-alcohol motifs (C(OH)–C–C–N with tert-alkyl or cyclic N) is 1. The first kappa shape index (κ1) is 13.5. The number of rotatable bonds is 7. The zero-order chi connectivity index (χ0) is 11.8. The van der Waals surface area contributed by atoms with Crippen molar-refractivity contribution >= 4 is 5.97 Å². The van der Waals surface area contributed by atoms with Crippen LogP contribution in [0.1, 0.15) is 45.4 Å². The molecule has 0 amide bonds. The molecule has 1 fully saturated rings. The number of carbonyl (C=O) groups excluding carboxylic acids is 1. The SMILES string of the molecule is CCCCCCCOC(=O)[C@@H]1CC(O)CN1. The second-order valence-electron chi connectivity index (χ2n) is 4.43. The topological polar surface area (TPSA) is 58.6 Å². The predicted molar refractivity (Wildman–Crippen MR) is 62.1 cm³/mol. The lowest BCUT2D eigenvalue weighted by Gasteiger charge is -2.09. The summed E-state index contributed by atoms with van der Waals surface area (Å²) in [5.74, 6) is -0.216. The van der Waals surface area contributed by atoms with Gasteiger partial charge in [-0.15, -0.1) is 0 Å². The van der Waals surface area contributed by atoms with Gasteiger partial charge >= 0.3 is 5.97 Å². The van der Waals surface area contributed by atoms with Crippen LogP contribution in [0.3, 0.4) is 0 Å². The van der Waals surface area contributed by atoms with Crippen LogP contribution in [-0.4, -0.2) is 36.4 Å². The molecule has 0 aliphatic carbocycles. The molecule has 1 heterocycles. The number of aliphatic hydroxyl groups excluding tert-OH is 1. The third-order valence-corrected chi connectivity index (χ3v) is 2.88. The Balaban J connectivity index is 1.98. The summed E-state index contributed by atoms with van der Waals surface area (Å²) in [5, 5.41) is 12.2. The Labute approximate surface area is 97.4 Å². The second-order valence-corrected chi connectivity index (χ2v) is 4.43. The Morgan fingerprint density at radius 3 is 2.75 bits per heavy atom. The van der Waals surface area contributed by atoms with E-state index in [1.54, 1.807) is 0 Å². The minimum Gasteiger partial charge on any atom is -0.465 e. The van der Waals surface area contributed by atoms with Crippen molar-refractivity contribution in [3.8, 4) is 0 Å². The number of nitrogens with one attached hydrogen (secondary N) is 1. The Hall–Kier alpha value is -0.610. The molecule has 0 aromatic rings. The maximum Gasteiger partial charge on any atom is 0.323 e. The fourth-order valence-electron chi connectivity index (χ4n) is 1.88. The Morgan fingerprint density at radius 1 is 1.38 bits per heavy atom. The summed E-state index contributed by atoms with van der Waals surface area (Å²) in [7, 11) is 0. The summed E-state index contributed by atoms with van der Waals surface area (Å²) in [6.45, 7) is 3.18.